The Hall–Kier alpha value is -2.79. The van der Waals surface area contributed by atoms with Gasteiger partial charge in [-0.25, -0.2) is 0 Å². The first kappa shape index (κ1) is 16.6. The quantitative estimate of drug-likeness (QED) is 0.669. The SMILES string of the molecule is COc1ccccc1C=CC(=O)NNC(=O)c1ccccc1Cl. The van der Waals surface area contributed by atoms with E-state index in [1.165, 1.54) is 6.08 Å². The minimum atomic E-state index is -0.491. The zero-order valence-electron chi connectivity index (χ0n) is 12.4. The molecule has 118 valence electrons. The molecule has 0 bridgehead atoms. The zero-order chi connectivity index (χ0) is 16.7. The molecule has 0 atom stereocenters. The minimum Gasteiger partial charge on any atom is -0.496 e. The summed E-state index contributed by atoms with van der Waals surface area (Å²) in [4.78, 5) is 23.6. The lowest BCUT2D eigenvalue weighted by molar-refractivity contribution is -0.117. The maximum Gasteiger partial charge on any atom is 0.271 e. The van der Waals surface area contributed by atoms with Gasteiger partial charge < -0.3 is 4.74 Å². The summed E-state index contributed by atoms with van der Waals surface area (Å²) in [5.41, 5.74) is 5.62. The number of rotatable bonds is 4. The van der Waals surface area contributed by atoms with Gasteiger partial charge in [-0.3, -0.25) is 20.4 Å². The Morgan fingerprint density at radius 2 is 1.74 bits per heavy atom. The molecule has 0 saturated carbocycles. The number of amides is 2. The lowest BCUT2D eigenvalue weighted by atomic mass is 10.2. The summed E-state index contributed by atoms with van der Waals surface area (Å²) in [5.74, 6) is -0.317. The smallest absolute Gasteiger partial charge is 0.271 e. The van der Waals surface area contributed by atoms with Crippen molar-refractivity contribution >= 4 is 29.5 Å². The van der Waals surface area contributed by atoms with Crippen LogP contribution in [0.1, 0.15) is 15.9 Å². The van der Waals surface area contributed by atoms with E-state index in [-0.39, 0.29) is 5.56 Å². The van der Waals surface area contributed by atoms with Crippen LogP contribution in [0.3, 0.4) is 0 Å². The van der Waals surface area contributed by atoms with Crippen LogP contribution in [0.4, 0.5) is 0 Å². The number of carbonyl (C=O) groups excluding carboxylic acids is 2. The largest absolute Gasteiger partial charge is 0.496 e. The van der Waals surface area contributed by atoms with E-state index in [0.29, 0.717) is 10.8 Å². The summed E-state index contributed by atoms with van der Waals surface area (Å²) in [6, 6.07) is 13.8. The molecule has 0 unspecified atom stereocenters. The molecule has 0 aromatic heterocycles. The number of benzene rings is 2. The third-order valence-corrected chi connectivity index (χ3v) is 3.30. The Kier molecular flexibility index (Phi) is 5.77. The van der Waals surface area contributed by atoms with Gasteiger partial charge in [0.1, 0.15) is 5.75 Å². The van der Waals surface area contributed by atoms with Gasteiger partial charge in [0.05, 0.1) is 17.7 Å². The van der Waals surface area contributed by atoms with Crippen molar-refractivity contribution in [2.45, 2.75) is 0 Å². The standard InChI is InChI=1S/C17H15ClN2O3/c1-23-15-9-5-2-6-12(15)10-11-16(21)19-20-17(22)13-7-3-4-8-14(13)18/h2-11H,1H3,(H,19,21)(H,20,22). The van der Waals surface area contributed by atoms with Crippen molar-refractivity contribution in [3.8, 4) is 5.75 Å². The second-order valence-corrected chi connectivity index (χ2v) is 4.91. The number of ether oxygens (including phenoxy) is 1. The fourth-order valence-corrected chi connectivity index (χ4v) is 2.06. The van der Waals surface area contributed by atoms with E-state index in [0.717, 1.165) is 5.56 Å². The number of hydrogen-bond acceptors (Lipinski definition) is 3. The van der Waals surface area contributed by atoms with Crippen molar-refractivity contribution in [2.75, 3.05) is 7.11 Å². The van der Waals surface area contributed by atoms with Crippen LogP contribution in [0.5, 0.6) is 5.75 Å². The monoisotopic (exact) mass is 330 g/mol. The molecule has 0 heterocycles. The van der Waals surface area contributed by atoms with Gasteiger partial charge >= 0.3 is 0 Å². The van der Waals surface area contributed by atoms with Gasteiger partial charge in [-0.15, -0.1) is 0 Å². The van der Waals surface area contributed by atoms with Crippen molar-refractivity contribution in [3.63, 3.8) is 0 Å². The summed E-state index contributed by atoms with van der Waals surface area (Å²) >= 11 is 5.91. The highest BCUT2D eigenvalue weighted by Crippen LogP contribution is 2.18. The molecule has 0 aliphatic carbocycles. The highest BCUT2D eigenvalue weighted by molar-refractivity contribution is 6.33. The van der Waals surface area contributed by atoms with Crippen LogP contribution in [0.2, 0.25) is 5.02 Å². The van der Waals surface area contributed by atoms with Crippen LogP contribution in [0.25, 0.3) is 6.08 Å². The molecule has 0 aliphatic heterocycles. The predicted molar refractivity (Wildman–Crippen MR) is 89.1 cm³/mol. The first-order valence-electron chi connectivity index (χ1n) is 6.77. The Morgan fingerprint density at radius 3 is 2.48 bits per heavy atom. The van der Waals surface area contributed by atoms with E-state index in [9.17, 15) is 9.59 Å². The molecule has 2 rings (SSSR count). The van der Waals surface area contributed by atoms with Gasteiger partial charge in [0.25, 0.3) is 11.8 Å². The maximum atomic E-state index is 11.9. The van der Waals surface area contributed by atoms with Crippen LogP contribution in [-0.4, -0.2) is 18.9 Å². The Bertz CT molecular complexity index is 744. The molecule has 6 heteroatoms. The van der Waals surface area contributed by atoms with Gasteiger partial charge in [0.15, 0.2) is 0 Å². The molecule has 0 saturated heterocycles. The molecule has 2 N–H and O–H groups in total. The second-order valence-electron chi connectivity index (χ2n) is 4.50. The van der Waals surface area contributed by atoms with Gasteiger partial charge in [-0.2, -0.15) is 0 Å². The van der Waals surface area contributed by atoms with Crippen molar-refractivity contribution in [3.05, 3.63) is 70.8 Å². The van der Waals surface area contributed by atoms with Gasteiger partial charge in [-0.1, -0.05) is 41.9 Å². The first-order valence-corrected chi connectivity index (χ1v) is 7.15. The van der Waals surface area contributed by atoms with Crippen molar-refractivity contribution < 1.29 is 14.3 Å². The Morgan fingerprint density at radius 1 is 1.04 bits per heavy atom. The molecule has 0 spiro atoms. The maximum absolute atomic E-state index is 11.9. The summed E-state index contributed by atoms with van der Waals surface area (Å²) in [6.45, 7) is 0. The normalized spacial score (nSPS) is 10.3. The highest BCUT2D eigenvalue weighted by Gasteiger charge is 2.09. The van der Waals surface area contributed by atoms with Crippen LogP contribution >= 0.6 is 11.6 Å². The third-order valence-electron chi connectivity index (χ3n) is 2.97. The average molecular weight is 331 g/mol. The summed E-state index contributed by atoms with van der Waals surface area (Å²) in [5, 5.41) is 0.309. The third kappa shape index (κ3) is 4.59. The van der Waals surface area contributed by atoms with Crippen LogP contribution in [0.15, 0.2) is 54.6 Å². The molecule has 0 fully saturated rings. The summed E-state index contributed by atoms with van der Waals surface area (Å²) < 4.78 is 5.18. The summed E-state index contributed by atoms with van der Waals surface area (Å²) in [7, 11) is 1.55. The van der Waals surface area contributed by atoms with E-state index in [1.807, 2.05) is 18.2 Å². The predicted octanol–water partition coefficient (Wildman–Crippen LogP) is 2.82. The second kappa shape index (κ2) is 8.00. The Labute approximate surface area is 138 Å². The van der Waals surface area contributed by atoms with Crippen LogP contribution in [-0.2, 0) is 4.79 Å². The molecule has 0 aliphatic rings. The molecule has 23 heavy (non-hydrogen) atoms. The zero-order valence-corrected chi connectivity index (χ0v) is 13.1. The van der Waals surface area contributed by atoms with Gasteiger partial charge in [-0.05, 0) is 24.3 Å². The lowest BCUT2D eigenvalue weighted by Crippen LogP contribution is -2.40. The van der Waals surface area contributed by atoms with Crippen molar-refractivity contribution in [2.24, 2.45) is 0 Å². The van der Waals surface area contributed by atoms with Gasteiger partial charge in [0, 0.05) is 11.6 Å². The fraction of sp³-hybridized carbons (Fsp3) is 0.0588. The van der Waals surface area contributed by atoms with Crippen LogP contribution in [0, 0.1) is 0 Å². The molecule has 0 radical (unpaired) electrons. The van der Waals surface area contributed by atoms with E-state index in [4.69, 9.17) is 16.3 Å². The number of para-hydroxylation sites is 1. The summed E-state index contributed by atoms with van der Waals surface area (Å²) in [6.07, 6.45) is 2.89. The molecular formula is C17H15ClN2O3. The number of hydrazine groups is 1. The van der Waals surface area contributed by atoms with E-state index >= 15 is 0 Å². The number of carbonyl (C=O) groups is 2. The number of nitrogens with one attached hydrogen (secondary N) is 2. The van der Waals surface area contributed by atoms with E-state index < -0.39 is 11.8 Å². The molecule has 2 amide bonds. The van der Waals surface area contributed by atoms with E-state index in [1.54, 1.807) is 43.5 Å². The molecular weight excluding hydrogens is 316 g/mol. The van der Waals surface area contributed by atoms with Gasteiger partial charge in [0.2, 0.25) is 0 Å². The highest BCUT2D eigenvalue weighted by atomic mass is 35.5. The fourth-order valence-electron chi connectivity index (χ4n) is 1.84. The topological polar surface area (TPSA) is 67.4 Å². The molecule has 5 nitrogen and oxygen atoms in total. The van der Waals surface area contributed by atoms with E-state index in [2.05, 4.69) is 10.9 Å². The minimum absolute atomic E-state index is 0.281. The number of hydrogen-bond donors (Lipinski definition) is 2. The van der Waals surface area contributed by atoms with Crippen LogP contribution < -0.4 is 15.6 Å². The number of methoxy groups -OCH3 is 1. The Balaban J connectivity index is 1.94. The molecule has 2 aromatic carbocycles. The van der Waals surface area contributed by atoms with Crippen molar-refractivity contribution in [1.29, 1.82) is 0 Å². The number of halogens is 1. The molecule has 2 aromatic rings. The first-order chi connectivity index (χ1) is 11.1. The van der Waals surface area contributed by atoms with Crippen molar-refractivity contribution in [1.82, 2.24) is 10.9 Å². The average Bonchev–Trinajstić information content (AvgIpc) is 2.58. The lowest BCUT2D eigenvalue weighted by Gasteiger charge is -2.07.